The first-order valence-corrected chi connectivity index (χ1v) is 7.43. The Bertz CT molecular complexity index is 508. The molecular formula is C10H15NO5S2. The van der Waals surface area contributed by atoms with Crippen LogP contribution in [-0.2, 0) is 14.8 Å². The topological polar surface area (TPSA) is 83.9 Å². The maximum Gasteiger partial charge on any atom is 0.345 e. The molecule has 6 nitrogen and oxygen atoms in total. The highest BCUT2D eigenvalue weighted by Gasteiger charge is 2.23. The van der Waals surface area contributed by atoms with Crippen LogP contribution in [0.3, 0.4) is 0 Å². The predicted molar refractivity (Wildman–Crippen MR) is 67.6 cm³/mol. The standard InChI is InChI=1S/C10H15NO5S2/c1-11(6-3-7-16-2)18(14,15)9-5-4-8(17-9)10(12)13/h4-5H,3,6-7H2,1-2H3,(H,12,13). The molecule has 0 aliphatic heterocycles. The number of rotatable bonds is 7. The van der Waals surface area contributed by atoms with E-state index in [1.165, 1.54) is 23.5 Å². The molecule has 0 fully saturated rings. The molecule has 1 rings (SSSR count). The van der Waals surface area contributed by atoms with Crippen LogP contribution in [0.25, 0.3) is 0 Å². The molecule has 8 heteroatoms. The summed E-state index contributed by atoms with van der Waals surface area (Å²) in [4.78, 5) is 10.7. The molecule has 0 aliphatic rings. The van der Waals surface area contributed by atoms with Gasteiger partial charge < -0.3 is 9.84 Å². The van der Waals surface area contributed by atoms with Gasteiger partial charge in [-0.3, -0.25) is 0 Å². The van der Waals surface area contributed by atoms with Gasteiger partial charge in [0.2, 0.25) is 0 Å². The average molecular weight is 293 g/mol. The summed E-state index contributed by atoms with van der Waals surface area (Å²) in [5.41, 5.74) is 0. The molecule has 0 atom stereocenters. The lowest BCUT2D eigenvalue weighted by molar-refractivity contribution is 0.0702. The van der Waals surface area contributed by atoms with E-state index in [-0.39, 0.29) is 9.09 Å². The number of carbonyl (C=O) groups is 1. The van der Waals surface area contributed by atoms with Crippen LogP contribution in [0.2, 0.25) is 0 Å². The van der Waals surface area contributed by atoms with Gasteiger partial charge in [-0.2, -0.15) is 0 Å². The van der Waals surface area contributed by atoms with Crippen LogP contribution in [-0.4, -0.2) is 51.1 Å². The molecule has 0 saturated heterocycles. The molecule has 0 bridgehead atoms. The predicted octanol–water partition coefficient (Wildman–Crippen LogP) is 1.10. The van der Waals surface area contributed by atoms with Crippen LogP contribution in [0.15, 0.2) is 16.3 Å². The van der Waals surface area contributed by atoms with Gasteiger partial charge in [-0.1, -0.05) is 0 Å². The van der Waals surface area contributed by atoms with E-state index < -0.39 is 16.0 Å². The molecule has 0 saturated carbocycles. The third kappa shape index (κ3) is 3.52. The van der Waals surface area contributed by atoms with E-state index >= 15 is 0 Å². The molecule has 1 heterocycles. The number of carboxylic acid groups (broad SMARTS) is 1. The molecule has 1 N–H and O–H groups in total. The molecule has 102 valence electrons. The molecule has 0 aromatic carbocycles. The van der Waals surface area contributed by atoms with Gasteiger partial charge in [-0.15, -0.1) is 11.3 Å². The summed E-state index contributed by atoms with van der Waals surface area (Å²) in [5.74, 6) is -1.12. The normalized spacial score (nSPS) is 11.9. The summed E-state index contributed by atoms with van der Waals surface area (Å²) in [6.07, 6.45) is 0.587. The lowest BCUT2D eigenvalue weighted by atomic mass is 10.5. The number of hydrogen-bond acceptors (Lipinski definition) is 5. The van der Waals surface area contributed by atoms with Crippen LogP contribution in [0, 0.1) is 0 Å². The molecule has 0 unspecified atom stereocenters. The van der Waals surface area contributed by atoms with Crippen molar-refractivity contribution in [3.8, 4) is 0 Å². The quantitative estimate of drug-likeness (QED) is 0.761. The minimum atomic E-state index is -3.60. The molecule has 18 heavy (non-hydrogen) atoms. The Balaban J connectivity index is 2.81. The van der Waals surface area contributed by atoms with Gasteiger partial charge in [-0.05, 0) is 18.6 Å². The number of carboxylic acids is 1. The molecule has 0 spiro atoms. The van der Waals surface area contributed by atoms with Gasteiger partial charge in [0.1, 0.15) is 9.09 Å². The number of hydrogen-bond donors (Lipinski definition) is 1. The minimum absolute atomic E-state index is 0.0128. The van der Waals surface area contributed by atoms with Crippen molar-refractivity contribution >= 4 is 27.3 Å². The Hall–Kier alpha value is -0.960. The number of sulfonamides is 1. The van der Waals surface area contributed by atoms with Crippen molar-refractivity contribution in [2.75, 3.05) is 27.3 Å². The summed E-state index contributed by atoms with van der Waals surface area (Å²) in [7, 11) is -0.587. The van der Waals surface area contributed by atoms with Crippen LogP contribution >= 0.6 is 11.3 Å². The van der Waals surface area contributed by atoms with Crippen molar-refractivity contribution in [1.29, 1.82) is 0 Å². The van der Waals surface area contributed by atoms with Crippen LogP contribution in [0.5, 0.6) is 0 Å². The van der Waals surface area contributed by atoms with Gasteiger partial charge in [0.05, 0.1) is 0 Å². The van der Waals surface area contributed by atoms with Crippen LogP contribution in [0.1, 0.15) is 16.1 Å². The zero-order chi connectivity index (χ0) is 13.8. The van der Waals surface area contributed by atoms with Crippen molar-refractivity contribution in [3.05, 3.63) is 17.0 Å². The number of methoxy groups -OCH3 is 1. The number of ether oxygens (including phenoxy) is 1. The van der Waals surface area contributed by atoms with E-state index in [2.05, 4.69) is 0 Å². The second kappa shape index (κ2) is 6.28. The Morgan fingerprint density at radius 2 is 2.17 bits per heavy atom. The van der Waals surface area contributed by atoms with Gasteiger partial charge in [0, 0.05) is 27.3 Å². The molecular weight excluding hydrogens is 278 g/mol. The molecule has 0 radical (unpaired) electrons. The zero-order valence-electron chi connectivity index (χ0n) is 10.1. The van der Waals surface area contributed by atoms with Crippen molar-refractivity contribution in [3.63, 3.8) is 0 Å². The SMILES string of the molecule is COCCCN(C)S(=O)(=O)c1ccc(C(=O)O)s1. The van der Waals surface area contributed by atoms with E-state index in [0.29, 0.717) is 19.6 Å². The van der Waals surface area contributed by atoms with E-state index in [1.54, 1.807) is 7.11 Å². The number of thiophene rings is 1. The van der Waals surface area contributed by atoms with Crippen molar-refractivity contribution in [2.24, 2.45) is 0 Å². The largest absolute Gasteiger partial charge is 0.477 e. The van der Waals surface area contributed by atoms with Gasteiger partial charge in [0.15, 0.2) is 0 Å². The average Bonchev–Trinajstić information content (AvgIpc) is 2.79. The molecule has 0 aliphatic carbocycles. The Labute approximate surface area is 110 Å². The van der Waals surface area contributed by atoms with Crippen LogP contribution in [0.4, 0.5) is 0 Å². The molecule has 1 aromatic heterocycles. The number of aromatic carboxylic acids is 1. The molecule has 1 aromatic rings. The van der Waals surface area contributed by atoms with E-state index in [4.69, 9.17) is 9.84 Å². The maximum absolute atomic E-state index is 12.1. The summed E-state index contributed by atoms with van der Waals surface area (Å²) in [5, 5.41) is 8.76. The second-order valence-corrected chi connectivity index (χ2v) is 6.95. The van der Waals surface area contributed by atoms with Gasteiger partial charge >= 0.3 is 5.97 Å². The van der Waals surface area contributed by atoms with Gasteiger partial charge in [0.25, 0.3) is 10.0 Å². The summed E-state index contributed by atoms with van der Waals surface area (Å²) < 4.78 is 30.2. The Kier molecular flexibility index (Phi) is 5.27. The van der Waals surface area contributed by atoms with Gasteiger partial charge in [-0.25, -0.2) is 17.5 Å². The summed E-state index contributed by atoms with van der Waals surface area (Å²) >= 11 is 0.755. The monoisotopic (exact) mass is 293 g/mol. The highest BCUT2D eigenvalue weighted by atomic mass is 32.2. The smallest absolute Gasteiger partial charge is 0.345 e. The van der Waals surface area contributed by atoms with Crippen LogP contribution < -0.4 is 0 Å². The fourth-order valence-electron chi connectivity index (χ4n) is 1.28. The summed E-state index contributed by atoms with van der Waals surface area (Å²) in [6, 6.07) is 2.61. The van der Waals surface area contributed by atoms with Crippen molar-refractivity contribution in [1.82, 2.24) is 4.31 Å². The zero-order valence-corrected chi connectivity index (χ0v) is 11.8. The highest BCUT2D eigenvalue weighted by Crippen LogP contribution is 2.24. The fraction of sp³-hybridized carbons (Fsp3) is 0.500. The van der Waals surface area contributed by atoms with Crippen molar-refractivity contribution in [2.45, 2.75) is 10.6 Å². The number of nitrogens with zero attached hydrogens (tertiary/aromatic N) is 1. The third-order valence-corrected chi connectivity index (χ3v) is 5.68. The highest BCUT2D eigenvalue weighted by molar-refractivity contribution is 7.91. The van der Waals surface area contributed by atoms with E-state index in [1.807, 2.05) is 0 Å². The fourth-order valence-corrected chi connectivity index (χ4v) is 3.84. The summed E-state index contributed by atoms with van der Waals surface area (Å²) in [6.45, 7) is 0.807. The second-order valence-electron chi connectivity index (χ2n) is 3.60. The lowest BCUT2D eigenvalue weighted by Gasteiger charge is -2.15. The van der Waals surface area contributed by atoms with E-state index in [0.717, 1.165) is 11.3 Å². The maximum atomic E-state index is 12.1. The minimum Gasteiger partial charge on any atom is -0.477 e. The lowest BCUT2D eigenvalue weighted by Crippen LogP contribution is -2.27. The van der Waals surface area contributed by atoms with Crippen molar-refractivity contribution < 1.29 is 23.1 Å². The Morgan fingerprint density at radius 3 is 2.67 bits per heavy atom. The van der Waals surface area contributed by atoms with E-state index in [9.17, 15) is 13.2 Å². The molecule has 0 amide bonds. The first kappa shape index (κ1) is 15.1. The first-order valence-electron chi connectivity index (χ1n) is 5.18. The third-order valence-electron chi connectivity index (χ3n) is 2.28. The Morgan fingerprint density at radius 1 is 1.50 bits per heavy atom. The first-order chi connectivity index (χ1) is 8.39.